The molecule has 89 valence electrons. The first-order chi connectivity index (χ1) is 7.26. The summed E-state index contributed by atoms with van der Waals surface area (Å²) in [6.45, 7) is 15.2. The van der Waals surface area contributed by atoms with Crippen LogP contribution in [0, 0.1) is 6.92 Å². The molecule has 0 saturated heterocycles. The maximum Gasteiger partial charge on any atom is 0.250 e. The Morgan fingerprint density at radius 2 is 1.62 bits per heavy atom. The monoisotopic (exact) mass is 235 g/mol. The fraction of sp³-hybridized carbons (Fsp3) is 0.500. The summed E-state index contributed by atoms with van der Waals surface area (Å²) < 4.78 is 6.18. The van der Waals surface area contributed by atoms with Crippen LogP contribution in [0.2, 0.25) is 18.1 Å². The molecule has 0 bridgehead atoms. The summed E-state index contributed by atoms with van der Waals surface area (Å²) in [4.78, 5) is 0. The van der Waals surface area contributed by atoms with Gasteiger partial charge in [-0.15, -0.1) is 0 Å². The summed E-state index contributed by atoms with van der Waals surface area (Å²) in [5, 5.41) is 0.248. The number of benzene rings is 1. The van der Waals surface area contributed by atoms with Crippen molar-refractivity contribution < 1.29 is 4.43 Å². The Morgan fingerprint density at radius 3 is 2.00 bits per heavy atom. The largest absolute Gasteiger partial charge is 0.544 e. The summed E-state index contributed by atoms with van der Waals surface area (Å²) >= 11 is 0. The van der Waals surface area contributed by atoms with Crippen molar-refractivity contribution in [1.82, 2.24) is 0 Å². The van der Waals surface area contributed by atoms with Crippen molar-refractivity contribution in [3.05, 3.63) is 36.8 Å². The van der Waals surface area contributed by atoms with Crippen molar-refractivity contribution >= 4 is 8.32 Å². The minimum absolute atomic E-state index is 0.248. The predicted molar refractivity (Wildman–Crippen MR) is 73.3 cm³/mol. The van der Waals surface area contributed by atoms with E-state index in [1.165, 1.54) is 5.56 Å². The molecule has 0 heterocycles. The fourth-order valence-corrected chi connectivity index (χ4v) is 2.20. The lowest BCUT2D eigenvalue weighted by atomic mass is 10.2. The van der Waals surface area contributed by atoms with Gasteiger partial charge in [-0.05, 0) is 49.2 Å². The molecule has 1 aromatic rings. The number of rotatable bonds is 3. The first-order valence-electron chi connectivity index (χ1n) is 5.83. The summed E-state index contributed by atoms with van der Waals surface area (Å²) in [7, 11) is -1.69. The molecule has 0 saturated carbocycles. The lowest BCUT2D eigenvalue weighted by Gasteiger charge is -2.36. The van der Waals surface area contributed by atoms with Crippen molar-refractivity contribution in [2.24, 2.45) is 0 Å². The highest BCUT2D eigenvalue weighted by atomic mass is 28.4. The molecule has 0 atom stereocenters. The van der Waals surface area contributed by atoms with Crippen molar-refractivity contribution in [1.29, 1.82) is 0 Å². The summed E-state index contributed by atoms with van der Waals surface area (Å²) in [5.74, 6) is 0.990. The van der Waals surface area contributed by atoms with Gasteiger partial charge in [0.25, 0.3) is 0 Å². The highest BCUT2D eigenvalue weighted by Crippen LogP contribution is 2.37. The van der Waals surface area contributed by atoms with E-state index in [0.717, 1.165) is 12.2 Å². The summed E-state index contributed by atoms with van der Waals surface area (Å²) in [5.41, 5.74) is 1.25. The van der Waals surface area contributed by atoms with Gasteiger partial charge in [-0.2, -0.15) is 0 Å². The minimum atomic E-state index is -1.69. The van der Waals surface area contributed by atoms with Gasteiger partial charge in [0, 0.05) is 0 Å². The Kier molecular flexibility index (Phi) is 3.84. The zero-order valence-corrected chi connectivity index (χ0v) is 12.1. The van der Waals surface area contributed by atoms with Gasteiger partial charge in [-0.1, -0.05) is 32.9 Å². The maximum absolute atomic E-state index is 6.18. The van der Waals surface area contributed by atoms with Gasteiger partial charge in [0.15, 0.2) is 0 Å². The standard InChI is InChI=1S/C14H23OSi/c1-7-12-8-10-13(11-9-12)15-16(5,6)14(2,3)4/h8-11H,1,7H2,2-6H3. The second-order valence-electron chi connectivity index (χ2n) is 5.76. The van der Waals surface area contributed by atoms with E-state index >= 15 is 0 Å². The molecular weight excluding hydrogens is 212 g/mol. The quantitative estimate of drug-likeness (QED) is 0.703. The van der Waals surface area contributed by atoms with Gasteiger partial charge in [0.2, 0.25) is 8.32 Å². The lowest BCUT2D eigenvalue weighted by molar-refractivity contribution is 0.492. The first-order valence-corrected chi connectivity index (χ1v) is 8.74. The second-order valence-corrected chi connectivity index (χ2v) is 10.5. The Bertz CT molecular complexity index is 333. The topological polar surface area (TPSA) is 9.23 Å². The van der Waals surface area contributed by atoms with Crippen molar-refractivity contribution in [3.63, 3.8) is 0 Å². The highest BCUT2D eigenvalue weighted by Gasteiger charge is 2.38. The third kappa shape index (κ3) is 3.11. The SMILES string of the molecule is [CH2]Cc1ccc(O[Si](C)(C)C(C)(C)C)cc1. The first kappa shape index (κ1) is 13.3. The van der Waals surface area contributed by atoms with E-state index in [1.807, 2.05) is 0 Å². The van der Waals surface area contributed by atoms with Crippen molar-refractivity contribution in [3.8, 4) is 5.75 Å². The van der Waals surface area contributed by atoms with Crippen LogP contribution in [-0.4, -0.2) is 8.32 Å². The van der Waals surface area contributed by atoms with Crippen LogP contribution in [0.5, 0.6) is 5.75 Å². The summed E-state index contributed by atoms with van der Waals surface area (Å²) in [6.07, 6.45) is 0.834. The average Bonchev–Trinajstić information content (AvgIpc) is 2.16. The average molecular weight is 235 g/mol. The van der Waals surface area contributed by atoms with Gasteiger partial charge < -0.3 is 4.43 Å². The zero-order valence-electron chi connectivity index (χ0n) is 11.1. The fourth-order valence-electron chi connectivity index (χ4n) is 1.17. The van der Waals surface area contributed by atoms with E-state index in [4.69, 9.17) is 4.43 Å². The molecule has 1 radical (unpaired) electrons. The number of hydrogen-bond acceptors (Lipinski definition) is 1. The van der Waals surface area contributed by atoms with E-state index in [0.29, 0.717) is 0 Å². The molecule has 0 amide bonds. The van der Waals surface area contributed by atoms with Crippen LogP contribution in [0.1, 0.15) is 26.3 Å². The van der Waals surface area contributed by atoms with Gasteiger partial charge in [-0.3, -0.25) is 0 Å². The Balaban J connectivity index is 2.80. The van der Waals surface area contributed by atoms with Crippen LogP contribution >= 0.6 is 0 Å². The van der Waals surface area contributed by atoms with E-state index in [9.17, 15) is 0 Å². The van der Waals surface area contributed by atoms with Crippen LogP contribution in [-0.2, 0) is 6.42 Å². The predicted octanol–water partition coefficient (Wildman–Crippen LogP) is 4.45. The van der Waals surface area contributed by atoms with Gasteiger partial charge >= 0.3 is 0 Å². The van der Waals surface area contributed by atoms with Crippen LogP contribution in [0.4, 0.5) is 0 Å². The van der Waals surface area contributed by atoms with Crippen LogP contribution < -0.4 is 4.43 Å². The van der Waals surface area contributed by atoms with Crippen LogP contribution in [0.25, 0.3) is 0 Å². The minimum Gasteiger partial charge on any atom is -0.544 e. The van der Waals surface area contributed by atoms with Gasteiger partial charge in [0.05, 0.1) is 0 Å². The van der Waals surface area contributed by atoms with Crippen LogP contribution in [0.3, 0.4) is 0 Å². The third-order valence-corrected chi connectivity index (χ3v) is 7.75. The highest BCUT2D eigenvalue weighted by molar-refractivity contribution is 6.74. The molecule has 2 heteroatoms. The van der Waals surface area contributed by atoms with Crippen molar-refractivity contribution in [2.45, 2.75) is 45.3 Å². The molecule has 0 spiro atoms. The third-order valence-electron chi connectivity index (χ3n) is 3.39. The van der Waals surface area contributed by atoms with E-state index in [2.05, 4.69) is 65.1 Å². The molecule has 16 heavy (non-hydrogen) atoms. The summed E-state index contributed by atoms with van der Waals surface area (Å²) in [6, 6.07) is 8.30. The van der Waals surface area contributed by atoms with E-state index < -0.39 is 8.32 Å². The second kappa shape index (κ2) is 4.62. The molecule has 0 aromatic heterocycles. The maximum atomic E-state index is 6.18. The molecule has 0 fully saturated rings. The number of hydrogen-bond donors (Lipinski definition) is 0. The smallest absolute Gasteiger partial charge is 0.250 e. The molecule has 0 N–H and O–H groups in total. The Labute approximate surface area is 101 Å². The van der Waals surface area contributed by atoms with Crippen molar-refractivity contribution in [2.75, 3.05) is 0 Å². The van der Waals surface area contributed by atoms with Crippen LogP contribution in [0.15, 0.2) is 24.3 Å². The molecule has 0 aliphatic carbocycles. The molecular formula is C14H23OSi. The normalized spacial score (nSPS) is 12.6. The van der Waals surface area contributed by atoms with Gasteiger partial charge in [-0.25, -0.2) is 0 Å². The molecule has 1 nitrogen and oxygen atoms in total. The van der Waals surface area contributed by atoms with Gasteiger partial charge in [0.1, 0.15) is 5.75 Å². The lowest BCUT2D eigenvalue weighted by Crippen LogP contribution is -2.43. The molecule has 1 aromatic carbocycles. The molecule has 0 aliphatic heterocycles. The molecule has 0 aliphatic rings. The zero-order chi connectivity index (χ0) is 12.4. The van der Waals surface area contributed by atoms with E-state index in [-0.39, 0.29) is 5.04 Å². The molecule has 0 unspecified atom stereocenters. The Hall–Kier alpha value is -0.763. The molecule has 1 rings (SSSR count). The van der Waals surface area contributed by atoms with E-state index in [1.54, 1.807) is 0 Å². The Morgan fingerprint density at radius 1 is 1.12 bits per heavy atom.